The zero-order valence-electron chi connectivity index (χ0n) is 15.3. The van der Waals surface area contributed by atoms with Crippen molar-refractivity contribution in [3.8, 4) is 0 Å². The van der Waals surface area contributed by atoms with Crippen LogP contribution in [0.2, 0.25) is 0 Å². The number of nitrogens with one attached hydrogen (secondary N) is 1. The van der Waals surface area contributed by atoms with Crippen LogP contribution in [0, 0.1) is 5.92 Å². The van der Waals surface area contributed by atoms with Gasteiger partial charge in [-0.25, -0.2) is 17.9 Å². The van der Waals surface area contributed by atoms with Crippen molar-refractivity contribution in [2.45, 2.75) is 44.2 Å². The molecular formula is C18H26N4O3S. The van der Waals surface area contributed by atoms with Crippen LogP contribution >= 0.6 is 0 Å². The van der Waals surface area contributed by atoms with Gasteiger partial charge in [-0.2, -0.15) is 5.10 Å². The summed E-state index contributed by atoms with van der Waals surface area (Å²) in [4.78, 5) is 12.9. The summed E-state index contributed by atoms with van der Waals surface area (Å²) in [5, 5.41) is 7.93. The summed E-state index contributed by atoms with van der Waals surface area (Å²) in [7, 11) is -3.22. The van der Waals surface area contributed by atoms with Gasteiger partial charge in [-0.3, -0.25) is 4.57 Å². The van der Waals surface area contributed by atoms with E-state index in [1.54, 1.807) is 28.8 Å². The normalized spacial score (nSPS) is 16.1. The molecule has 2 heterocycles. The second-order valence-corrected chi connectivity index (χ2v) is 8.93. The Morgan fingerprint density at radius 3 is 2.42 bits per heavy atom. The zero-order chi connectivity index (χ0) is 18.7. The molecular weight excluding hydrogens is 352 g/mol. The number of sulfone groups is 1. The maximum atomic E-state index is 12.6. The first-order chi connectivity index (χ1) is 12.4. The van der Waals surface area contributed by atoms with Crippen molar-refractivity contribution in [3.63, 3.8) is 0 Å². The van der Waals surface area contributed by atoms with Gasteiger partial charge >= 0.3 is 5.69 Å². The van der Waals surface area contributed by atoms with Gasteiger partial charge in [-0.1, -0.05) is 12.1 Å². The molecule has 3 rings (SSSR count). The predicted octanol–water partition coefficient (Wildman–Crippen LogP) is 1.06. The Balaban J connectivity index is 1.80. The topological polar surface area (TPSA) is 86.0 Å². The SMILES string of the molecule is CCn1c(CC2CCNCC2)nn(Cc2ccc(S(C)(=O)=O)cc2)c1=O. The van der Waals surface area contributed by atoms with E-state index in [0.29, 0.717) is 19.0 Å². The average Bonchev–Trinajstić information content (AvgIpc) is 2.90. The molecule has 0 saturated carbocycles. The van der Waals surface area contributed by atoms with E-state index in [9.17, 15) is 13.2 Å². The van der Waals surface area contributed by atoms with E-state index in [2.05, 4.69) is 10.4 Å². The summed E-state index contributed by atoms with van der Waals surface area (Å²) < 4.78 is 26.3. The van der Waals surface area contributed by atoms with Gasteiger partial charge in [0.05, 0.1) is 11.4 Å². The third-order valence-corrected chi connectivity index (χ3v) is 6.06. The van der Waals surface area contributed by atoms with Crippen LogP contribution in [0.25, 0.3) is 0 Å². The third kappa shape index (κ3) is 4.24. The Hall–Kier alpha value is -1.93. The minimum atomic E-state index is -3.22. The summed E-state index contributed by atoms with van der Waals surface area (Å²) in [6, 6.07) is 6.62. The molecule has 1 fully saturated rings. The molecule has 0 atom stereocenters. The fraction of sp³-hybridized carbons (Fsp3) is 0.556. The lowest BCUT2D eigenvalue weighted by Gasteiger charge is -2.21. The van der Waals surface area contributed by atoms with Crippen LogP contribution in [-0.4, -0.2) is 42.1 Å². The number of piperidine rings is 1. The first-order valence-corrected chi connectivity index (χ1v) is 10.9. The summed E-state index contributed by atoms with van der Waals surface area (Å²) in [5.74, 6) is 1.41. The lowest BCUT2D eigenvalue weighted by atomic mass is 9.94. The van der Waals surface area contributed by atoms with Gasteiger partial charge in [-0.15, -0.1) is 0 Å². The molecule has 1 N–H and O–H groups in total. The highest BCUT2D eigenvalue weighted by Gasteiger charge is 2.19. The molecule has 0 spiro atoms. The minimum absolute atomic E-state index is 0.108. The molecule has 0 radical (unpaired) electrons. The monoisotopic (exact) mass is 378 g/mol. The van der Waals surface area contributed by atoms with Crippen LogP contribution < -0.4 is 11.0 Å². The van der Waals surface area contributed by atoms with Crippen LogP contribution in [0.5, 0.6) is 0 Å². The van der Waals surface area contributed by atoms with Crippen molar-refractivity contribution < 1.29 is 8.42 Å². The third-order valence-electron chi connectivity index (χ3n) is 4.93. The van der Waals surface area contributed by atoms with Gasteiger partial charge in [0.15, 0.2) is 9.84 Å². The molecule has 0 unspecified atom stereocenters. The van der Waals surface area contributed by atoms with E-state index in [1.807, 2.05) is 6.92 Å². The van der Waals surface area contributed by atoms with Crippen LogP contribution in [0.15, 0.2) is 34.0 Å². The lowest BCUT2D eigenvalue weighted by molar-refractivity contribution is 0.362. The molecule has 2 aromatic rings. The quantitative estimate of drug-likeness (QED) is 0.812. The Morgan fingerprint density at radius 2 is 1.85 bits per heavy atom. The number of rotatable bonds is 6. The first-order valence-electron chi connectivity index (χ1n) is 9.04. The smallest absolute Gasteiger partial charge is 0.317 e. The Labute approximate surface area is 154 Å². The molecule has 1 aromatic carbocycles. The second-order valence-electron chi connectivity index (χ2n) is 6.91. The number of benzene rings is 1. The molecule has 7 nitrogen and oxygen atoms in total. The number of hydrogen-bond acceptors (Lipinski definition) is 5. The molecule has 0 aliphatic carbocycles. The van der Waals surface area contributed by atoms with Crippen LogP contribution in [0.1, 0.15) is 31.2 Å². The number of nitrogens with zero attached hydrogens (tertiary/aromatic N) is 3. The van der Waals surface area contributed by atoms with Crippen LogP contribution in [0.3, 0.4) is 0 Å². The Kier molecular flexibility index (Phi) is 5.62. The van der Waals surface area contributed by atoms with Crippen molar-refractivity contribution in [1.82, 2.24) is 19.7 Å². The number of hydrogen-bond donors (Lipinski definition) is 1. The second kappa shape index (κ2) is 7.75. The molecule has 0 amide bonds. The van der Waals surface area contributed by atoms with Crippen molar-refractivity contribution in [2.24, 2.45) is 5.92 Å². The number of aromatic nitrogens is 3. The van der Waals surface area contributed by atoms with Crippen molar-refractivity contribution in [3.05, 3.63) is 46.1 Å². The van der Waals surface area contributed by atoms with E-state index in [0.717, 1.165) is 43.7 Å². The fourth-order valence-electron chi connectivity index (χ4n) is 3.42. The van der Waals surface area contributed by atoms with Crippen LogP contribution in [0.4, 0.5) is 0 Å². The fourth-order valence-corrected chi connectivity index (χ4v) is 4.05. The highest BCUT2D eigenvalue weighted by Crippen LogP contribution is 2.17. The summed E-state index contributed by atoms with van der Waals surface area (Å²) in [6.07, 6.45) is 4.22. The molecule has 1 aliphatic rings. The minimum Gasteiger partial charge on any atom is -0.317 e. The van der Waals surface area contributed by atoms with E-state index in [-0.39, 0.29) is 10.6 Å². The molecule has 26 heavy (non-hydrogen) atoms. The Morgan fingerprint density at radius 1 is 1.19 bits per heavy atom. The Bertz CT molecular complexity index is 907. The van der Waals surface area contributed by atoms with E-state index in [1.165, 1.54) is 10.9 Å². The van der Waals surface area contributed by atoms with Gasteiger partial charge in [0.25, 0.3) is 0 Å². The molecule has 8 heteroatoms. The molecule has 1 saturated heterocycles. The van der Waals surface area contributed by atoms with Gasteiger partial charge in [0.1, 0.15) is 5.82 Å². The van der Waals surface area contributed by atoms with Crippen molar-refractivity contribution in [2.75, 3.05) is 19.3 Å². The zero-order valence-corrected chi connectivity index (χ0v) is 16.1. The maximum absolute atomic E-state index is 12.6. The maximum Gasteiger partial charge on any atom is 0.346 e. The van der Waals surface area contributed by atoms with Gasteiger partial charge in [0, 0.05) is 19.2 Å². The predicted molar refractivity (Wildman–Crippen MR) is 100 cm³/mol. The molecule has 1 aromatic heterocycles. The van der Waals surface area contributed by atoms with E-state index >= 15 is 0 Å². The van der Waals surface area contributed by atoms with Gasteiger partial charge in [0.2, 0.25) is 0 Å². The van der Waals surface area contributed by atoms with E-state index < -0.39 is 9.84 Å². The molecule has 1 aliphatic heterocycles. The van der Waals surface area contributed by atoms with Crippen molar-refractivity contribution in [1.29, 1.82) is 0 Å². The highest BCUT2D eigenvalue weighted by molar-refractivity contribution is 7.90. The average molecular weight is 378 g/mol. The van der Waals surface area contributed by atoms with Crippen LogP contribution in [-0.2, 0) is 29.3 Å². The van der Waals surface area contributed by atoms with Gasteiger partial charge < -0.3 is 5.32 Å². The molecule has 142 valence electrons. The van der Waals surface area contributed by atoms with Crippen molar-refractivity contribution >= 4 is 9.84 Å². The highest BCUT2D eigenvalue weighted by atomic mass is 32.2. The summed E-state index contributed by atoms with van der Waals surface area (Å²) >= 11 is 0. The lowest BCUT2D eigenvalue weighted by Crippen LogP contribution is -2.30. The summed E-state index contributed by atoms with van der Waals surface area (Å²) in [5.41, 5.74) is 0.747. The molecule has 0 bridgehead atoms. The standard InChI is InChI=1S/C18H26N4O3S/c1-3-21-17(12-14-8-10-19-11-9-14)20-22(18(21)23)13-15-4-6-16(7-5-15)26(2,24)25/h4-7,14,19H,3,8-13H2,1-2H3. The largest absolute Gasteiger partial charge is 0.346 e. The first kappa shape index (κ1) is 18.8. The summed E-state index contributed by atoms with van der Waals surface area (Å²) in [6.45, 7) is 4.95. The van der Waals surface area contributed by atoms with E-state index in [4.69, 9.17) is 0 Å². The van der Waals surface area contributed by atoms with Gasteiger partial charge in [-0.05, 0) is 56.5 Å².